The molecule has 2 fully saturated rings. The SMILES string of the molecule is CN(C)C1CCN(CCC(NC2CC2)C(=O)O)C1. The van der Waals surface area contributed by atoms with Gasteiger partial charge in [0.2, 0.25) is 0 Å². The second-order valence-electron chi connectivity index (χ2n) is 5.83. The van der Waals surface area contributed by atoms with E-state index in [4.69, 9.17) is 0 Å². The summed E-state index contributed by atoms with van der Waals surface area (Å²) in [5.41, 5.74) is 0. The van der Waals surface area contributed by atoms with Crippen LogP contribution in [0.3, 0.4) is 0 Å². The monoisotopic (exact) mass is 255 g/mol. The number of nitrogens with zero attached hydrogens (tertiary/aromatic N) is 2. The van der Waals surface area contributed by atoms with E-state index in [1.807, 2.05) is 0 Å². The van der Waals surface area contributed by atoms with Gasteiger partial charge < -0.3 is 20.2 Å². The highest BCUT2D eigenvalue weighted by molar-refractivity contribution is 5.73. The molecule has 104 valence electrons. The third-order valence-electron chi connectivity index (χ3n) is 4.02. The number of rotatable bonds is 7. The van der Waals surface area contributed by atoms with Crippen LogP contribution in [-0.4, -0.2) is 72.7 Å². The molecular formula is C13H25N3O2. The Labute approximate surface area is 109 Å². The van der Waals surface area contributed by atoms with E-state index < -0.39 is 5.97 Å². The number of carbonyl (C=O) groups is 1. The van der Waals surface area contributed by atoms with E-state index in [1.165, 1.54) is 6.42 Å². The van der Waals surface area contributed by atoms with E-state index in [0.29, 0.717) is 18.5 Å². The van der Waals surface area contributed by atoms with E-state index >= 15 is 0 Å². The van der Waals surface area contributed by atoms with Gasteiger partial charge in [0, 0.05) is 25.2 Å². The van der Waals surface area contributed by atoms with Gasteiger partial charge in [-0.05, 0) is 46.3 Å². The minimum Gasteiger partial charge on any atom is -0.480 e. The summed E-state index contributed by atoms with van der Waals surface area (Å²) in [6.07, 6.45) is 4.18. The minimum absolute atomic E-state index is 0.365. The zero-order chi connectivity index (χ0) is 13.1. The molecule has 1 aliphatic carbocycles. The van der Waals surface area contributed by atoms with Gasteiger partial charge in [-0.15, -0.1) is 0 Å². The average Bonchev–Trinajstić information content (AvgIpc) is 2.99. The third-order valence-corrected chi connectivity index (χ3v) is 4.02. The highest BCUT2D eigenvalue weighted by Gasteiger charge is 2.29. The number of likely N-dealkylation sites (tertiary alicyclic amines) is 1. The quantitative estimate of drug-likeness (QED) is 0.681. The molecule has 5 nitrogen and oxygen atoms in total. The van der Waals surface area contributed by atoms with Crippen LogP contribution >= 0.6 is 0 Å². The molecule has 2 rings (SSSR count). The lowest BCUT2D eigenvalue weighted by molar-refractivity contribution is -0.139. The lowest BCUT2D eigenvalue weighted by Crippen LogP contribution is -2.41. The van der Waals surface area contributed by atoms with Crippen molar-refractivity contribution in [3.8, 4) is 0 Å². The van der Waals surface area contributed by atoms with Gasteiger partial charge in [0.25, 0.3) is 0 Å². The number of aliphatic carboxylic acids is 1. The normalized spacial score (nSPS) is 26.7. The Hall–Kier alpha value is -0.650. The Morgan fingerprint density at radius 1 is 1.44 bits per heavy atom. The van der Waals surface area contributed by atoms with Crippen molar-refractivity contribution in [1.29, 1.82) is 0 Å². The van der Waals surface area contributed by atoms with Gasteiger partial charge in [-0.3, -0.25) is 4.79 Å². The van der Waals surface area contributed by atoms with Crippen molar-refractivity contribution < 1.29 is 9.90 Å². The molecule has 0 aromatic carbocycles. The smallest absolute Gasteiger partial charge is 0.320 e. The number of likely N-dealkylation sites (N-methyl/N-ethyl adjacent to an activating group) is 1. The van der Waals surface area contributed by atoms with Gasteiger partial charge in [0.05, 0.1) is 0 Å². The van der Waals surface area contributed by atoms with E-state index in [1.54, 1.807) is 0 Å². The van der Waals surface area contributed by atoms with E-state index in [2.05, 4.69) is 29.2 Å². The summed E-state index contributed by atoms with van der Waals surface area (Å²) in [6, 6.07) is 0.722. The van der Waals surface area contributed by atoms with Crippen molar-refractivity contribution in [2.45, 2.75) is 43.8 Å². The molecule has 0 amide bonds. The molecule has 2 atom stereocenters. The highest BCUT2D eigenvalue weighted by atomic mass is 16.4. The zero-order valence-corrected chi connectivity index (χ0v) is 11.4. The predicted octanol–water partition coefficient (Wildman–Crippen LogP) is 0.218. The van der Waals surface area contributed by atoms with Crippen LogP contribution in [0.1, 0.15) is 25.7 Å². The van der Waals surface area contributed by atoms with Crippen LogP contribution in [0.5, 0.6) is 0 Å². The van der Waals surface area contributed by atoms with Gasteiger partial charge in [-0.2, -0.15) is 0 Å². The molecule has 1 saturated carbocycles. The van der Waals surface area contributed by atoms with Crippen LogP contribution in [0.25, 0.3) is 0 Å². The number of hydrogen-bond acceptors (Lipinski definition) is 4. The van der Waals surface area contributed by atoms with Crippen LogP contribution in [-0.2, 0) is 4.79 Å². The summed E-state index contributed by atoms with van der Waals surface area (Å²) < 4.78 is 0. The molecule has 1 aliphatic heterocycles. The van der Waals surface area contributed by atoms with Crippen LogP contribution in [0, 0.1) is 0 Å². The topological polar surface area (TPSA) is 55.8 Å². The standard InChI is InChI=1S/C13H25N3O2/c1-15(2)11-5-7-16(9-11)8-6-12(13(17)18)14-10-3-4-10/h10-12,14H,3-9H2,1-2H3,(H,17,18). The van der Waals surface area contributed by atoms with E-state index in [9.17, 15) is 9.90 Å². The van der Waals surface area contributed by atoms with Crippen LogP contribution in [0.2, 0.25) is 0 Å². The van der Waals surface area contributed by atoms with Crippen LogP contribution in [0.15, 0.2) is 0 Å². The van der Waals surface area contributed by atoms with Crippen molar-refractivity contribution in [3.63, 3.8) is 0 Å². The Morgan fingerprint density at radius 2 is 2.17 bits per heavy atom. The molecule has 2 unspecified atom stereocenters. The maximum atomic E-state index is 11.2. The van der Waals surface area contributed by atoms with Gasteiger partial charge in [-0.25, -0.2) is 0 Å². The van der Waals surface area contributed by atoms with Crippen molar-refractivity contribution in [2.75, 3.05) is 33.7 Å². The number of carboxylic acid groups (broad SMARTS) is 1. The first kappa shape index (κ1) is 13.8. The zero-order valence-electron chi connectivity index (χ0n) is 11.4. The van der Waals surface area contributed by atoms with Gasteiger partial charge in [-0.1, -0.05) is 0 Å². The summed E-state index contributed by atoms with van der Waals surface area (Å²) >= 11 is 0. The lowest BCUT2D eigenvalue weighted by atomic mass is 10.2. The lowest BCUT2D eigenvalue weighted by Gasteiger charge is -2.22. The molecule has 0 radical (unpaired) electrons. The highest BCUT2D eigenvalue weighted by Crippen LogP contribution is 2.20. The largest absolute Gasteiger partial charge is 0.480 e. The summed E-state index contributed by atoms with van der Waals surface area (Å²) in [4.78, 5) is 15.8. The number of nitrogens with one attached hydrogen (secondary N) is 1. The molecule has 1 saturated heterocycles. The minimum atomic E-state index is -0.703. The predicted molar refractivity (Wildman–Crippen MR) is 70.7 cm³/mol. The fourth-order valence-electron chi connectivity index (χ4n) is 2.56. The molecular weight excluding hydrogens is 230 g/mol. The molecule has 2 aliphatic rings. The number of carboxylic acids is 1. The first-order valence-corrected chi connectivity index (χ1v) is 6.94. The first-order valence-electron chi connectivity index (χ1n) is 6.94. The average molecular weight is 255 g/mol. The van der Waals surface area contributed by atoms with Crippen molar-refractivity contribution in [1.82, 2.24) is 15.1 Å². The molecule has 1 heterocycles. The Morgan fingerprint density at radius 3 is 2.67 bits per heavy atom. The summed E-state index contributed by atoms with van der Waals surface area (Å²) in [7, 11) is 4.23. The Bertz CT molecular complexity index is 292. The summed E-state index contributed by atoms with van der Waals surface area (Å²) in [5, 5.41) is 12.4. The summed E-state index contributed by atoms with van der Waals surface area (Å²) in [6.45, 7) is 3.06. The summed E-state index contributed by atoms with van der Waals surface area (Å²) in [5.74, 6) is -0.703. The van der Waals surface area contributed by atoms with Crippen molar-refractivity contribution >= 4 is 5.97 Å². The van der Waals surface area contributed by atoms with Crippen molar-refractivity contribution in [3.05, 3.63) is 0 Å². The molecule has 0 bridgehead atoms. The fraction of sp³-hybridized carbons (Fsp3) is 0.923. The molecule has 2 N–H and O–H groups in total. The molecule has 18 heavy (non-hydrogen) atoms. The fourth-order valence-corrected chi connectivity index (χ4v) is 2.56. The Kier molecular flexibility index (Phi) is 4.59. The maximum absolute atomic E-state index is 11.2. The van der Waals surface area contributed by atoms with E-state index in [0.717, 1.165) is 32.5 Å². The van der Waals surface area contributed by atoms with E-state index in [-0.39, 0.29) is 6.04 Å². The second-order valence-corrected chi connectivity index (χ2v) is 5.83. The van der Waals surface area contributed by atoms with Crippen LogP contribution < -0.4 is 5.32 Å². The van der Waals surface area contributed by atoms with Crippen molar-refractivity contribution in [2.24, 2.45) is 0 Å². The molecule has 0 aromatic rings. The van der Waals surface area contributed by atoms with Gasteiger partial charge in [0.15, 0.2) is 0 Å². The van der Waals surface area contributed by atoms with Gasteiger partial charge in [0.1, 0.15) is 6.04 Å². The Balaban J connectivity index is 1.70. The maximum Gasteiger partial charge on any atom is 0.320 e. The molecule has 0 spiro atoms. The van der Waals surface area contributed by atoms with Crippen LogP contribution in [0.4, 0.5) is 0 Å². The number of hydrogen-bond donors (Lipinski definition) is 2. The molecule has 0 aromatic heterocycles. The first-order chi connectivity index (χ1) is 8.56. The molecule has 5 heteroatoms. The van der Waals surface area contributed by atoms with Gasteiger partial charge >= 0.3 is 5.97 Å². The second kappa shape index (κ2) is 5.99. The third kappa shape index (κ3) is 3.93.